The summed E-state index contributed by atoms with van der Waals surface area (Å²) in [6.07, 6.45) is 2.88. The summed E-state index contributed by atoms with van der Waals surface area (Å²) < 4.78 is 5.37. The normalized spacial score (nSPS) is 11.1. The van der Waals surface area contributed by atoms with Gasteiger partial charge in [-0.15, -0.1) is 0 Å². The summed E-state index contributed by atoms with van der Waals surface area (Å²) in [5.41, 5.74) is 0. The van der Waals surface area contributed by atoms with E-state index in [1.807, 2.05) is 0 Å². The van der Waals surface area contributed by atoms with Crippen LogP contribution >= 0.6 is 0 Å². The molecule has 0 aromatic heterocycles. The molecule has 0 heterocycles. The Kier molecular flexibility index (Phi) is 9.87. The standard InChI is InChI=1S/C10H23NO2/c1-10(2)11-6-5-9-13-8-4-3-7-12/h10-12H,3-9H2,1-2H3. The zero-order valence-electron chi connectivity index (χ0n) is 8.88. The minimum atomic E-state index is 0.276. The second-order valence-corrected chi connectivity index (χ2v) is 3.51. The van der Waals surface area contributed by atoms with Gasteiger partial charge in [-0.05, 0) is 25.8 Å². The van der Waals surface area contributed by atoms with Gasteiger partial charge in [-0.3, -0.25) is 0 Å². The SMILES string of the molecule is CC(C)NCCCOCCCCO. The predicted octanol–water partition coefficient (Wildman–Crippen LogP) is 1.16. The second-order valence-electron chi connectivity index (χ2n) is 3.51. The Morgan fingerprint density at radius 2 is 1.85 bits per heavy atom. The van der Waals surface area contributed by atoms with Crippen molar-refractivity contribution < 1.29 is 9.84 Å². The zero-order chi connectivity index (χ0) is 9.94. The van der Waals surface area contributed by atoms with E-state index in [0.29, 0.717) is 6.04 Å². The van der Waals surface area contributed by atoms with Crippen LogP contribution < -0.4 is 5.32 Å². The molecule has 0 amide bonds. The number of rotatable bonds is 9. The Morgan fingerprint density at radius 3 is 2.46 bits per heavy atom. The van der Waals surface area contributed by atoms with Crippen LogP contribution in [0.3, 0.4) is 0 Å². The van der Waals surface area contributed by atoms with Crippen molar-refractivity contribution in [3.8, 4) is 0 Å². The zero-order valence-corrected chi connectivity index (χ0v) is 8.88. The van der Waals surface area contributed by atoms with Crippen LogP contribution in [0.5, 0.6) is 0 Å². The first kappa shape index (κ1) is 12.9. The van der Waals surface area contributed by atoms with E-state index in [-0.39, 0.29) is 6.61 Å². The maximum Gasteiger partial charge on any atom is 0.0478 e. The number of unbranched alkanes of at least 4 members (excludes halogenated alkanes) is 1. The Balaban J connectivity index is 2.84. The van der Waals surface area contributed by atoms with Gasteiger partial charge >= 0.3 is 0 Å². The third-order valence-corrected chi connectivity index (χ3v) is 1.71. The molecule has 0 radical (unpaired) electrons. The van der Waals surface area contributed by atoms with E-state index < -0.39 is 0 Å². The van der Waals surface area contributed by atoms with Gasteiger partial charge in [0.1, 0.15) is 0 Å². The molecule has 0 spiro atoms. The summed E-state index contributed by atoms with van der Waals surface area (Å²) in [6, 6.07) is 0.564. The van der Waals surface area contributed by atoms with Crippen molar-refractivity contribution in [1.82, 2.24) is 5.32 Å². The molecule has 0 aliphatic carbocycles. The van der Waals surface area contributed by atoms with E-state index in [9.17, 15) is 0 Å². The molecule has 2 N–H and O–H groups in total. The average molecular weight is 189 g/mol. The lowest BCUT2D eigenvalue weighted by molar-refractivity contribution is 0.122. The fraction of sp³-hybridized carbons (Fsp3) is 1.00. The molecular formula is C10H23NO2. The third kappa shape index (κ3) is 11.9. The molecular weight excluding hydrogens is 166 g/mol. The van der Waals surface area contributed by atoms with Gasteiger partial charge in [-0.25, -0.2) is 0 Å². The number of aliphatic hydroxyl groups is 1. The fourth-order valence-electron chi connectivity index (χ4n) is 0.983. The van der Waals surface area contributed by atoms with E-state index in [4.69, 9.17) is 9.84 Å². The summed E-state index contributed by atoms with van der Waals surface area (Å²) in [7, 11) is 0. The molecule has 0 aromatic rings. The van der Waals surface area contributed by atoms with Gasteiger partial charge in [0.2, 0.25) is 0 Å². The van der Waals surface area contributed by atoms with Gasteiger partial charge in [0.15, 0.2) is 0 Å². The maximum absolute atomic E-state index is 8.50. The van der Waals surface area contributed by atoms with Crippen molar-refractivity contribution in [1.29, 1.82) is 0 Å². The lowest BCUT2D eigenvalue weighted by Crippen LogP contribution is -2.24. The molecule has 0 atom stereocenters. The maximum atomic E-state index is 8.50. The van der Waals surface area contributed by atoms with Crippen molar-refractivity contribution in [3.63, 3.8) is 0 Å². The van der Waals surface area contributed by atoms with Crippen LogP contribution in [0.15, 0.2) is 0 Å². The molecule has 0 aliphatic heterocycles. The molecule has 0 saturated carbocycles. The molecule has 3 heteroatoms. The first-order valence-electron chi connectivity index (χ1n) is 5.19. The topological polar surface area (TPSA) is 41.5 Å². The van der Waals surface area contributed by atoms with Gasteiger partial charge in [-0.2, -0.15) is 0 Å². The van der Waals surface area contributed by atoms with Crippen LogP contribution in [0.4, 0.5) is 0 Å². The van der Waals surface area contributed by atoms with Crippen LogP contribution in [-0.4, -0.2) is 37.5 Å². The smallest absolute Gasteiger partial charge is 0.0478 e. The van der Waals surface area contributed by atoms with Crippen molar-refractivity contribution in [2.75, 3.05) is 26.4 Å². The van der Waals surface area contributed by atoms with Crippen LogP contribution in [0.25, 0.3) is 0 Å². The van der Waals surface area contributed by atoms with Crippen LogP contribution in [0, 0.1) is 0 Å². The molecule has 0 unspecified atom stereocenters. The van der Waals surface area contributed by atoms with Crippen LogP contribution in [0.1, 0.15) is 33.1 Å². The molecule has 3 nitrogen and oxygen atoms in total. The first-order chi connectivity index (χ1) is 6.27. The Bertz CT molecular complexity index is 96.9. The Labute approximate surface area is 81.5 Å². The number of hydrogen-bond acceptors (Lipinski definition) is 3. The van der Waals surface area contributed by atoms with E-state index >= 15 is 0 Å². The molecule has 0 saturated heterocycles. The van der Waals surface area contributed by atoms with E-state index in [1.165, 1.54) is 0 Å². The molecule has 0 fully saturated rings. The van der Waals surface area contributed by atoms with Crippen molar-refractivity contribution in [3.05, 3.63) is 0 Å². The monoisotopic (exact) mass is 189 g/mol. The van der Waals surface area contributed by atoms with E-state index in [1.54, 1.807) is 0 Å². The lowest BCUT2D eigenvalue weighted by atomic mass is 10.3. The second kappa shape index (κ2) is 9.96. The van der Waals surface area contributed by atoms with Gasteiger partial charge in [0.25, 0.3) is 0 Å². The quantitative estimate of drug-likeness (QED) is 0.535. The number of hydrogen-bond donors (Lipinski definition) is 2. The van der Waals surface area contributed by atoms with E-state index in [0.717, 1.165) is 39.0 Å². The molecule has 13 heavy (non-hydrogen) atoms. The predicted molar refractivity (Wildman–Crippen MR) is 54.9 cm³/mol. The van der Waals surface area contributed by atoms with Crippen molar-refractivity contribution >= 4 is 0 Å². The summed E-state index contributed by atoms with van der Waals surface area (Å²) in [6.45, 7) is 7.19. The highest BCUT2D eigenvalue weighted by Crippen LogP contribution is 1.90. The Hall–Kier alpha value is -0.120. The molecule has 0 aliphatic rings. The Morgan fingerprint density at radius 1 is 1.15 bits per heavy atom. The van der Waals surface area contributed by atoms with Crippen LogP contribution in [-0.2, 0) is 4.74 Å². The molecule has 0 aromatic carbocycles. The lowest BCUT2D eigenvalue weighted by Gasteiger charge is -2.07. The minimum absolute atomic E-state index is 0.276. The highest BCUT2D eigenvalue weighted by molar-refractivity contribution is 4.51. The third-order valence-electron chi connectivity index (χ3n) is 1.71. The summed E-state index contributed by atoms with van der Waals surface area (Å²) >= 11 is 0. The van der Waals surface area contributed by atoms with Crippen LogP contribution in [0.2, 0.25) is 0 Å². The molecule has 0 rings (SSSR count). The van der Waals surface area contributed by atoms with Gasteiger partial charge in [0, 0.05) is 25.9 Å². The van der Waals surface area contributed by atoms with Crippen molar-refractivity contribution in [2.24, 2.45) is 0 Å². The molecule has 0 bridgehead atoms. The van der Waals surface area contributed by atoms with Crippen molar-refractivity contribution in [2.45, 2.75) is 39.2 Å². The highest BCUT2D eigenvalue weighted by Gasteiger charge is 1.92. The number of ether oxygens (including phenoxy) is 1. The number of aliphatic hydroxyl groups excluding tert-OH is 1. The fourth-order valence-corrected chi connectivity index (χ4v) is 0.983. The summed E-state index contributed by atoms with van der Waals surface area (Å²) in [4.78, 5) is 0. The first-order valence-corrected chi connectivity index (χ1v) is 5.19. The van der Waals surface area contributed by atoms with Gasteiger partial charge < -0.3 is 15.2 Å². The van der Waals surface area contributed by atoms with Gasteiger partial charge in [0.05, 0.1) is 0 Å². The number of nitrogens with one attached hydrogen (secondary N) is 1. The largest absolute Gasteiger partial charge is 0.396 e. The molecule has 80 valence electrons. The minimum Gasteiger partial charge on any atom is -0.396 e. The van der Waals surface area contributed by atoms with Gasteiger partial charge in [-0.1, -0.05) is 13.8 Å². The summed E-state index contributed by atoms with van der Waals surface area (Å²) in [5, 5.41) is 11.8. The van der Waals surface area contributed by atoms with E-state index in [2.05, 4.69) is 19.2 Å². The highest BCUT2D eigenvalue weighted by atomic mass is 16.5. The summed E-state index contributed by atoms with van der Waals surface area (Å²) in [5.74, 6) is 0. The average Bonchev–Trinajstić information content (AvgIpc) is 2.09.